The highest BCUT2D eigenvalue weighted by atomic mass is 16.5. The van der Waals surface area contributed by atoms with Gasteiger partial charge in [0.25, 0.3) is 0 Å². The molecular weight excluding hydrogens is 344 g/mol. The average Bonchev–Trinajstić information content (AvgIpc) is 2.72. The zero-order valence-corrected chi connectivity index (χ0v) is 17.2. The number of hydrogen-bond acceptors (Lipinski definition) is 2. The molecule has 0 saturated carbocycles. The van der Waals surface area contributed by atoms with Crippen LogP contribution in [0.1, 0.15) is 70.8 Å². The van der Waals surface area contributed by atoms with Crippen LogP contribution in [0.4, 0.5) is 0 Å². The minimum atomic E-state index is -0.291. The van der Waals surface area contributed by atoms with Gasteiger partial charge in [0.15, 0.2) is 0 Å². The topological polar surface area (TPSA) is 26.3 Å². The Labute approximate surface area is 169 Å². The van der Waals surface area contributed by atoms with Gasteiger partial charge in [-0.1, -0.05) is 81.5 Å². The van der Waals surface area contributed by atoms with E-state index in [0.29, 0.717) is 5.75 Å². The van der Waals surface area contributed by atoms with Crippen molar-refractivity contribution in [2.75, 3.05) is 0 Å². The summed E-state index contributed by atoms with van der Waals surface area (Å²) in [5.41, 5.74) is 5.17. The number of esters is 1. The first kappa shape index (κ1) is 20.4. The summed E-state index contributed by atoms with van der Waals surface area (Å²) in [6, 6.07) is 16.5. The molecule has 1 aliphatic carbocycles. The summed E-state index contributed by atoms with van der Waals surface area (Å²) in [4.78, 5) is 11.0. The van der Waals surface area contributed by atoms with E-state index in [1.54, 1.807) is 0 Å². The zero-order valence-electron chi connectivity index (χ0n) is 17.2. The summed E-state index contributed by atoms with van der Waals surface area (Å²) in [6.45, 7) is 3.69. The minimum absolute atomic E-state index is 0.291. The molecular formula is C26H32O2. The summed E-state index contributed by atoms with van der Waals surface area (Å²) in [5, 5.41) is 0. The predicted octanol–water partition coefficient (Wildman–Crippen LogP) is 7.43. The van der Waals surface area contributed by atoms with Crippen molar-refractivity contribution in [3.63, 3.8) is 0 Å². The molecule has 148 valence electrons. The molecule has 0 aromatic heterocycles. The highest BCUT2D eigenvalue weighted by molar-refractivity contribution is 5.72. The lowest BCUT2D eigenvalue weighted by molar-refractivity contribution is -0.131. The number of hydrogen-bond donors (Lipinski definition) is 0. The standard InChI is InChI=1S/C26H32O2/c1-3-4-5-6-7-21-8-10-22(11-9-21)23-12-14-24(15-13-23)25-16-18-26(19-17-25)28-20(2)27/h10,12-19,21H,3-9,11H2,1-2H3. The van der Waals surface area contributed by atoms with E-state index in [1.807, 2.05) is 24.3 Å². The number of carbonyl (C=O) groups excluding carboxylic acids is 1. The Balaban J connectivity index is 1.57. The van der Waals surface area contributed by atoms with E-state index < -0.39 is 0 Å². The fraction of sp³-hybridized carbons (Fsp3) is 0.423. The summed E-state index contributed by atoms with van der Waals surface area (Å²) in [6.07, 6.45) is 13.1. The number of carbonyl (C=O) groups is 1. The molecule has 2 aromatic rings. The van der Waals surface area contributed by atoms with Crippen LogP contribution in [0, 0.1) is 5.92 Å². The molecule has 0 heterocycles. The van der Waals surface area contributed by atoms with E-state index in [-0.39, 0.29) is 5.97 Å². The lowest BCUT2D eigenvalue weighted by Crippen LogP contribution is -2.05. The maximum absolute atomic E-state index is 11.0. The van der Waals surface area contributed by atoms with Gasteiger partial charge >= 0.3 is 5.97 Å². The Kier molecular flexibility index (Phi) is 7.47. The van der Waals surface area contributed by atoms with Crippen LogP contribution in [0.3, 0.4) is 0 Å². The number of allylic oxidation sites excluding steroid dienone is 2. The number of ether oxygens (including phenoxy) is 1. The lowest BCUT2D eigenvalue weighted by atomic mass is 9.83. The van der Waals surface area contributed by atoms with Crippen molar-refractivity contribution in [3.05, 3.63) is 60.2 Å². The quantitative estimate of drug-likeness (QED) is 0.272. The van der Waals surface area contributed by atoms with E-state index in [1.165, 1.54) is 75.0 Å². The highest BCUT2D eigenvalue weighted by Gasteiger charge is 2.15. The van der Waals surface area contributed by atoms with Gasteiger partial charge in [0.2, 0.25) is 0 Å². The molecule has 0 spiro atoms. The van der Waals surface area contributed by atoms with Crippen molar-refractivity contribution in [2.24, 2.45) is 5.92 Å². The van der Waals surface area contributed by atoms with Crippen LogP contribution in [0.25, 0.3) is 16.7 Å². The molecule has 2 aromatic carbocycles. The molecule has 0 bridgehead atoms. The molecule has 0 fully saturated rings. The Morgan fingerprint density at radius 2 is 1.57 bits per heavy atom. The summed E-state index contributed by atoms with van der Waals surface area (Å²) in [5.74, 6) is 1.18. The third-order valence-corrected chi connectivity index (χ3v) is 5.69. The second-order valence-electron chi connectivity index (χ2n) is 7.91. The average molecular weight is 377 g/mol. The SMILES string of the molecule is CCCCCCC1CC=C(c2ccc(-c3ccc(OC(C)=O)cc3)cc2)CC1. The highest BCUT2D eigenvalue weighted by Crippen LogP contribution is 2.33. The van der Waals surface area contributed by atoms with E-state index in [0.717, 1.165) is 11.5 Å². The third-order valence-electron chi connectivity index (χ3n) is 5.69. The van der Waals surface area contributed by atoms with E-state index in [4.69, 9.17) is 4.74 Å². The molecule has 3 rings (SSSR count). The normalized spacial score (nSPS) is 16.5. The predicted molar refractivity (Wildman–Crippen MR) is 117 cm³/mol. The van der Waals surface area contributed by atoms with E-state index in [2.05, 4.69) is 37.3 Å². The monoisotopic (exact) mass is 376 g/mol. The van der Waals surface area contributed by atoms with Gasteiger partial charge in [0, 0.05) is 6.92 Å². The van der Waals surface area contributed by atoms with Crippen molar-refractivity contribution in [1.29, 1.82) is 0 Å². The number of rotatable bonds is 8. The van der Waals surface area contributed by atoms with Crippen LogP contribution in [0.15, 0.2) is 54.6 Å². The zero-order chi connectivity index (χ0) is 19.8. The molecule has 0 aliphatic heterocycles. The maximum Gasteiger partial charge on any atom is 0.308 e. The lowest BCUT2D eigenvalue weighted by Gasteiger charge is -2.22. The Bertz CT molecular complexity index is 784. The molecule has 2 heteroatoms. The van der Waals surface area contributed by atoms with Crippen molar-refractivity contribution in [2.45, 2.75) is 65.2 Å². The Morgan fingerprint density at radius 1 is 0.929 bits per heavy atom. The first-order valence-corrected chi connectivity index (χ1v) is 10.7. The molecule has 0 radical (unpaired) electrons. The van der Waals surface area contributed by atoms with Crippen LogP contribution in [0.5, 0.6) is 5.75 Å². The first-order chi connectivity index (χ1) is 13.7. The van der Waals surface area contributed by atoms with Gasteiger partial charge in [0.1, 0.15) is 5.75 Å². The van der Waals surface area contributed by atoms with Crippen LogP contribution < -0.4 is 4.74 Å². The van der Waals surface area contributed by atoms with E-state index in [9.17, 15) is 4.79 Å². The number of benzene rings is 2. The smallest absolute Gasteiger partial charge is 0.308 e. The van der Waals surface area contributed by atoms with Gasteiger partial charge in [0.05, 0.1) is 0 Å². The van der Waals surface area contributed by atoms with Crippen molar-refractivity contribution < 1.29 is 9.53 Å². The summed E-state index contributed by atoms with van der Waals surface area (Å²) in [7, 11) is 0. The minimum Gasteiger partial charge on any atom is -0.427 e. The number of unbranched alkanes of at least 4 members (excludes halogenated alkanes) is 3. The van der Waals surface area contributed by atoms with Crippen LogP contribution in [-0.4, -0.2) is 5.97 Å². The molecule has 0 N–H and O–H groups in total. The van der Waals surface area contributed by atoms with Crippen LogP contribution in [0.2, 0.25) is 0 Å². The maximum atomic E-state index is 11.0. The van der Waals surface area contributed by atoms with Crippen LogP contribution >= 0.6 is 0 Å². The Morgan fingerprint density at radius 3 is 2.14 bits per heavy atom. The summed E-state index contributed by atoms with van der Waals surface area (Å²) < 4.78 is 5.10. The van der Waals surface area contributed by atoms with Gasteiger partial charge in [-0.3, -0.25) is 4.79 Å². The fourth-order valence-electron chi connectivity index (χ4n) is 4.03. The van der Waals surface area contributed by atoms with Crippen LogP contribution in [-0.2, 0) is 4.79 Å². The molecule has 28 heavy (non-hydrogen) atoms. The fourth-order valence-corrected chi connectivity index (χ4v) is 4.03. The van der Waals surface area contributed by atoms with Gasteiger partial charge in [-0.15, -0.1) is 0 Å². The van der Waals surface area contributed by atoms with Gasteiger partial charge in [-0.2, -0.15) is 0 Å². The summed E-state index contributed by atoms with van der Waals surface area (Å²) >= 11 is 0. The van der Waals surface area contributed by atoms with Crippen molar-refractivity contribution >= 4 is 11.5 Å². The molecule has 1 atom stereocenters. The van der Waals surface area contributed by atoms with Crippen molar-refractivity contribution in [1.82, 2.24) is 0 Å². The Hall–Kier alpha value is -2.35. The van der Waals surface area contributed by atoms with Gasteiger partial charge < -0.3 is 4.74 Å². The van der Waals surface area contributed by atoms with E-state index >= 15 is 0 Å². The van der Waals surface area contributed by atoms with Crippen molar-refractivity contribution in [3.8, 4) is 16.9 Å². The largest absolute Gasteiger partial charge is 0.427 e. The molecule has 1 unspecified atom stereocenters. The molecule has 0 amide bonds. The molecule has 2 nitrogen and oxygen atoms in total. The third kappa shape index (κ3) is 5.82. The molecule has 0 saturated heterocycles. The van der Waals surface area contributed by atoms with Gasteiger partial charge in [-0.25, -0.2) is 0 Å². The first-order valence-electron chi connectivity index (χ1n) is 10.7. The molecule has 1 aliphatic rings. The van der Waals surface area contributed by atoms with Gasteiger partial charge in [-0.05, 0) is 59.6 Å². The second-order valence-corrected chi connectivity index (χ2v) is 7.91. The second kappa shape index (κ2) is 10.3.